The summed E-state index contributed by atoms with van der Waals surface area (Å²) in [7, 11) is 5.41. The highest BCUT2D eigenvalue weighted by Gasteiger charge is 2.25. The number of para-hydroxylation sites is 1. The number of likely N-dealkylation sites (tertiary alicyclic amines) is 1. The van der Waals surface area contributed by atoms with E-state index < -0.39 is 0 Å². The van der Waals surface area contributed by atoms with Crippen molar-refractivity contribution in [2.45, 2.75) is 38.9 Å². The van der Waals surface area contributed by atoms with Gasteiger partial charge in [-0.1, -0.05) is 12.1 Å². The molecule has 0 spiro atoms. The van der Waals surface area contributed by atoms with Crippen LogP contribution in [0.1, 0.15) is 30.1 Å². The van der Waals surface area contributed by atoms with Crippen LogP contribution in [-0.4, -0.2) is 77.9 Å². The maximum atomic E-state index is 12.6. The Morgan fingerprint density at radius 3 is 2.81 bits per heavy atom. The maximum Gasteiger partial charge on any atom is 0.224 e. The summed E-state index contributed by atoms with van der Waals surface area (Å²) in [6.45, 7) is 5.66. The second-order valence-electron chi connectivity index (χ2n) is 8.68. The van der Waals surface area contributed by atoms with Gasteiger partial charge in [-0.15, -0.1) is 10.2 Å². The third-order valence-corrected chi connectivity index (χ3v) is 6.49. The quantitative estimate of drug-likeness (QED) is 0.692. The second-order valence-corrected chi connectivity index (χ2v) is 8.68. The van der Waals surface area contributed by atoms with Gasteiger partial charge in [0, 0.05) is 44.7 Å². The van der Waals surface area contributed by atoms with Gasteiger partial charge >= 0.3 is 0 Å². The Labute approximate surface area is 189 Å². The lowest BCUT2D eigenvalue weighted by Crippen LogP contribution is -2.41. The number of nitrogens with one attached hydrogen (secondary N) is 1. The molecule has 0 unspecified atom stereocenters. The van der Waals surface area contributed by atoms with Gasteiger partial charge in [-0.05, 0) is 32.5 Å². The van der Waals surface area contributed by atoms with Crippen LogP contribution in [0.3, 0.4) is 0 Å². The molecule has 1 aromatic carbocycles. The topological polar surface area (TPSA) is 84.7 Å². The molecule has 0 radical (unpaired) electrons. The molecule has 1 atom stereocenters. The average Bonchev–Trinajstić information content (AvgIpc) is 3.09. The molecule has 1 fully saturated rings. The lowest BCUT2D eigenvalue weighted by Gasteiger charge is -2.28. The van der Waals surface area contributed by atoms with E-state index in [4.69, 9.17) is 9.47 Å². The van der Waals surface area contributed by atoms with Gasteiger partial charge < -0.3 is 24.3 Å². The van der Waals surface area contributed by atoms with Crippen molar-refractivity contribution in [2.75, 3.05) is 47.4 Å². The molecule has 2 aromatic rings. The summed E-state index contributed by atoms with van der Waals surface area (Å²) in [4.78, 5) is 17.2. The molecule has 32 heavy (non-hydrogen) atoms. The monoisotopic (exact) mass is 442 g/mol. The van der Waals surface area contributed by atoms with E-state index in [9.17, 15) is 4.79 Å². The molecular formula is C23H34N6O3. The van der Waals surface area contributed by atoms with Crippen LogP contribution >= 0.6 is 0 Å². The van der Waals surface area contributed by atoms with E-state index in [1.54, 1.807) is 14.2 Å². The van der Waals surface area contributed by atoms with Gasteiger partial charge in [0.2, 0.25) is 5.91 Å². The van der Waals surface area contributed by atoms with Gasteiger partial charge in [-0.25, -0.2) is 0 Å². The van der Waals surface area contributed by atoms with Crippen LogP contribution in [0.25, 0.3) is 0 Å². The number of hydrogen-bond acceptors (Lipinski definition) is 7. The van der Waals surface area contributed by atoms with Crippen molar-refractivity contribution in [3.8, 4) is 11.5 Å². The zero-order valence-electron chi connectivity index (χ0n) is 19.3. The van der Waals surface area contributed by atoms with E-state index in [0.29, 0.717) is 6.54 Å². The van der Waals surface area contributed by atoms with E-state index in [2.05, 4.69) is 43.0 Å². The van der Waals surface area contributed by atoms with Gasteiger partial charge in [-0.2, -0.15) is 0 Å². The smallest absolute Gasteiger partial charge is 0.224 e. The molecule has 2 aliphatic rings. The fraction of sp³-hybridized carbons (Fsp3) is 0.609. The summed E-state index contributed by atoms with van der Waals surface area (Å²) in [6, 6.07) is 5.99. The number of ether oxygens (including phenoxy) is 2. The molecule has 9 heteroatoms. The molecule has 0 saturated carbocycles. The summed E-state index contributed by atoms with van der Waals surface area (Å²) in [5, 5.41) is 11.9. The van der Waals surface area contributed by atoms with Crippen LogP contribution in [-0.2, 0) is 30.8 Å². The number of nitrogens with zero attached hydrogens (tertiary/aromatic N) is 5. The Balaban J connectivity index is 1.36. The van der Waals surface area contributed by atoms with Crippen LogP contribution in [0, 0.1) is 5.92 Å². The molecule has 9 nitrogen and oxygen atoms in total. The molecular weight excluding hydrogens is 408 g/mol. The van der Waals surface area contributed by atoms with Gasteiger partial charge in [0.25, 0.3) is 0 Å². The van der Waals surface area contributed by atoms with E-state index in [-0.39, 0.29) is 11.8 Å². The van der Waals surface area contributed by atoms with Crippen LogP contribution in [0.15, 0.2) is 18.2 Å². The van der Waals surface area contributed by atoms with Gasteiger partial charge in [0.05, 0.1) is 26.7 Å². The Morgan fingerprint density at radius 1 is 1.16 bits per heavy atom. The van der Waals surface area contributed by atoms with Crippen molar-refractivity contribution in [1.82, 2.24) is 29.9 Å². The van der Waals surface area contributed by atoms with Crippen molar-refractivity contribution in [2.24, 2.45) is 5.92 Å². The van der Waals surface area contributed by atoms with E-state index >= 15 is 0 Å². The number of methoxy groups -OCH3 is 2. The fourth-order valence-electron chi connectivity index (χ4n) is 4.73. The molecule has 0 bridgehead atoms. The zero-order chi connectivity index (χ0) is 22.5. The van der Waals surface area contributed by atoms with Crippen molar-refractivity contribution >= 4 is 5.91 Å². The number of piperidine rings is 1. The Morgan fingerprint density at radius 2 is 2.03 bits per heavy atom. The highest BCUT2D eigenvalue weighted by atomic mass is 16.5. The third-order valence-electron chi connectivity index (χ3n) is 6.49. The molecule has 1 aromatic heterocycles. The predicted octanol–water partition coefficient (Wildman–Crippen LogP) is 1.31. The predicted molar refractivity (Wildman–Crippen MR) is 121 cm³/mol. The molecule has 2 aliphatic heterocycles. The molecule has 1 saturated heterocycles. The number of aromatic nitrogens is 3. The van der Waals surface area contributed by atoms with Crippen molar-refractivity contribution in [1.29, 1.82) is 0 Å². The summed E-state index contributed by atoms with van der Waals surface area (Å²) in [5.41, 5.74) is 1.11. The highest BCUT2D eigenvalue weighted by molar-refractivity contribution is 5.78. The van der Waals surface area contributed by atoms with Crippen molar-refractivity contribution in [3.63, 3.8) is 0 Å². The second kappa shape index (κ2) is 10.3. The molecule has 4 rings (SSSR count). The number of carbonyl (C=O) groups is 1. The van der Waals surface area contributed by atoms with Crippen LogP contribution in [0.4, 0.5) is 0 Å². The molecule has 1 N–H and O–H groups in total. The SMILES string of the molecule is COc1cccc(CN2CCc3nnc(CNC(=O)[C@H]4CCCN(C)C4)n3CC2)c1OC. The zero-order valence-corrected chi connectivity index (χ0v) is 19.3. The van der Waals surface area contributed by atoms with E-state index in [1.165, 1.54) is 0 Å². The molecule has 3 heterocycles. The highest BCUT2D eigenvalue weighted by Crippen LogP contribution is 2.31. The number of hydrogen-bond donors (Lipinski definition) is 1. The average molecular weight is 443 g/mol. The normalized spacial score (nSPS) is 19.8. The number of amides is 1. The van der Waals surface area contributed by atoms with Crippen molar-refractivity contribution in [3.05, 3.63) is 35.4 Å². The standard InChI is InChI=1S/C23H34N6O3/c1-27-10-5-7-18(15-27)23(30)24-14-21-26-25-20-9-11-28(12-13-29(20)21)16-17-6-4-8-19(31-2)22(17)32-3/h4,6,8,18H,5,7,9-16H2,1-3H3,(H,24,30)/t18-/m0/s1. The van der Waals surface area contributed by atoms with Crippen LogP contribution < -0.4 is 14.8 Å². The van der Waals surface area contributed by atoms with E-state index in [1.807, 2.05) is 12.1 Å². The summed E-state index contributed by atoms with van der Waals surface area (Å²) < 4.78 is 13.2. The Hall–Kier alpha value is -2.65. The summed E-state index contributed by atoms with van der Waals surface area (Å²) in [5.74, 6) is 3.53. The fourth-order valence-corrected chi connectivity index (χ4v) is 4.73. The van der Waals surface area contributed by atoms with E-state index in [0.717, 1.165) is 87.2 Å². The number of carbonyl (C=O) groups excluding carboxylic acids is 1. The molecule has 174 valence electrons. The van der Waals surface area contributed by atoms with Crippen LogP contribution in [0.2, 0.25) is 0 Å². The van der Waals surface area contributed by atoms with Crippen molar-refractivity contribution < 1.29 is 14.3 Å². The lowest BCUT2D eigenvalue weighted by atomic mass is 9.98. The number of benzene rings is 1. The summed E-state index contributed by atoms with van der Waals surface area (Å²) in [6.07, 6.45) is 2.85. The Bertz CT molecular complexity index is 930. The number of fused-ring (bicyclic) bond motifs is 1. The Kier molecular flexibility index (Phi) is 7.26. The number of rotatable bonds is 7. The minimum atomic E-state index is 0.0635. The first-order valence-corrected chi connectivity index (χ1v) is 11.4. The molecule has 0 aliphatic carbocycles. The lowest BCUT2D eigenvalue weighted by molar-refractivity contribution is -0.126. The first-order valence-electron chi connectivity index (χ1n) is 11.4. The minimum Gasteiger partial charge on any atom is -0.493 e. The maximum absolute atomic E-state index is 12.6. The first kappa shape index (κ1) is 22.5. The van der Waals surface area contributed by atoms with Crippen LogP contribution in [0.5, 0.6) is 11.5 Å². The third kappa shape index (κ3) is 5.05. The minimum absolute atomic E-state index is 0.0635. The van der Waals surface area contributed by atoms with Gasteiger partial charge in [-0.3, -0.25) is 9.69 Å². The molecule has 1 amide bonds. The first-order chi connectivity index (χ1) is 15.6. The van der Waals surface area contributed by atoms with Gasteiger partial charge in [0.15, 0.2) is 17.3 Å². The largest absolute Gasteiger partial charge is 0.493 e. The summed E-state index contributed by atoms with van der Waals surface area (Å²) >= 11 is 0. The van der Waals surface area contributed by atoms with Gasteiger partial charge in [0.1, 0.15) is 5.82 Å².